The van der Waals surface area contributed by atoms with Gasteiger partial charge in [-0.15, -0.1) is 0 Å². The molecule has 17 heavy (non-hydrogen) atoms. The van der Waals surface area contributed by atoms with Crippen molar-refractivity contribution in [1.82, 2.24) is 5.32 Å². The Morgan fingerprint density at radius 3 is 2.59 bits per heavy atom. The molecule has 1 heterocycles. The second-order valence-electron chi connectivity index (χ2n) is 5.20. The Morgan fingerprint density at radius 1 is 1.18 bits per heavy atom. The summed E-state index contributed by atoms with van der Waals surface area (Å²) in [4.78, 5) is 0. The Balaban J connectivity index is 1.65. The summed E-state index contributed by atoms with van der Waals surface area (Å²) < 4.78 is 24.0. The maximum absolute atomic E-state index is 12.0. The van der Waals surface area contributed by atoms with Crippen LogP contribution in [0.1, 0.15) is 17.0 Å². The van der Waals surface area contributed by atoms with Crippen molar-refractivity contribution in [2.24, 2.45) is 5.92 Å². The van der Waals surface area contributed by atoms with E-state index in [1.165, 1.54) is 11.1 Å². The van der Waals surface area contributed by atoms with Crippen molar-refractivity contribution in [1.29, 1.82) is 0 Å². The molecule has 3 nitrogen and oxygen atoms in total. The zero-order valence-corrected chi connectivity index (χ0v) is 10.5. The van der Waals surface area contributed by atoms with Gasteiger partial charge in [0, 0.05) is 19.0 Å². The van der Waals surface area contributed by atoms with E-state index in [-0.39, 0.29) is 5.92 Å². The van der Waals surface area contributed by atoms with Gasteiger partial charge < -0.3 is 5.32 Å². The molecule has 1 aliphatic carbocycles. The van der Waals surface area contributed by atoms with E-state index in [4.69, 9.17) is 0 Å². The third kappa shape index (κ3) is 2.24. The Kier molecular flexibility index (Phi) is 2.71. The lowest BCUT2D eigenvalue weighted by Crippen LogP contribution is -2.46. The first-order valence-corrected chi connectivity index (χ1v) is 7.95. The maximum atomic E-state index is 12.0. The van der Waals surface area contributed by atoms with Gasteiger partial charge in [-0.1, -0.05) is 24.3 Å². The smallest absolute Gasteiger partial charge is 0.151 e. The van der Waals surface area contributed by atoms with Crippen molar-refractivity contribution in [3.63, 3.8) is 0 Å². The Morgan fingerprint density at radius 2 is 1.94 bits per heavy atom. The highest BCUT2D eigenvalue weighted by Crippen LogP contribution is 2.36. The molecule has 0 saturated carbocycles. The van der Waals surface area contributed by atoms with E-state index in [0.717, 1.165) is 19.5 Å². The minimum atomic E-state index is -2.88. The summed E-state index contributed by atoms with van der Waals surface area (Å²) in [5, 5.41) is 3.12. The summed E-state index contributed by atoms with van der Waals surface area (Å²) in [6, 6.07) is 8.16. The molecule has 1 N–H and O–H groups in total. The number of rotatable bonds is 4. The van der Waals surface area contributed by atoms with Gasteiger partial charge in [-0.05, 0) is 23.5 Å². The number of nitrogens with one attached hydrogen (secondary N) is 1. The summed E-state index contributed by atoms with van der Waals surface area (Å²) >= 11 is 0. The van der Waals surface area contributed by atoms with E-state index in [0.29, 0.717) is 17.4 Å². The Labute approximate surface area is 102 Å². The number of sulfone groups is 1. The molecule has 0 aromatic heterocycles. The SMILES string of the molecule is O=S(=O)(CC1CNC1)CC1Cc2ccccc21. The van der Waals surface area contributed by atoms with E-state index in [1.807, 2.05) is 12.1 Å². The van der Waals surface area contributed by atoms with Crippen molar-refractivity contribution in [3.8, 4) is 0 Å². The van der Waals surface area contributed by atoms with Gasteiger partial charge in [0.25, 0.3) is 0 Å². The first-order chi connectivity index (χ1) is 8.14. The van der Waals surface area contributed by atoms with E-state index in [1.54, 1.807) is 0 Å². The summed E-state index contributed by atoms with van der Waals surface area (Å²) in [5.41, 5.74) is 2.56. The highest BCUT2D eigenvalue weighted by molar-refractivity contribution is 7.91. The molecule has 2 aliphatic rings. The van der Waals surface area contributed by atoms with Crippen LogP contribution in [0.15, 0.2) is 24.3 Å². The fourth-order valence-electron chi connectivity index (χ4n) is 2.71. The summed E-state index contributed by atoms with van der Waals surface area (Å²) in [6.07, 6.45) is 0.929. The lowest BCUT2D eigenvalue weighted by molar-refractivity contribution is 0.378. The van der Waals surface area contributed by atoms with Crippen molar-refractivity contribution in [2.75, 3.05) is 24.6 Å². The van der Waals surface area contributed by atoms with E-state index in [2.05, 4.69) is 17.4 Å². The van der Waals surface area contributed by atoms with Gasteiger partial charge >= 0.3 is 0 Å². The molecule has 0 spiro atoms. The number of fused-ring (bicyclic) bond motifs is 1. The molecule has 0 radical (unpaired) electrons. The first kappa shape index (κ1) is 11.2. The standard InChI is InChI=1S/C13H17NO2S/c15-17(16,8-10-6-14-7-10)9-12-5-11-3-1-2-4-13(11)12/h1-4,10,12,14H,5-9H2. The average molecular weight is 251 g/mol. The van der Waals surface area contributed by atoms with Crippen LogP contribution in [-0.2, 0) is 16.3 Å². The van der Waals surface area contributed by atoms with Gasteiger partial charge in [0.1, 0.15) is 0 Å². The highest BCUT2D eigenvalue weighted by Gasteiger charge is 2.32. The largest absolute Gasteiger partial charge is 0.316 e. The van der Waals surface area contributed by atoms with Gasteiger partial charge in [-0.2, -0.15) is 0 Å². The van der Waals surface area contributed by atoms with Crippen LogP contribution in [0, 0.1) is 5.92 Å². The normalized spacial score (nSPS) is 23.6. The predicted octanol–water partition coefficient (Wildman–Crippen LogP) is 0.960. The van der Waals surface area contributed by atoms with Gasteiger partial charge in [-0.3, -0.25) is 0 Å². The van der Waals surface area contributed by atoms with Crippen LogP contribution in [0.3, 0.4) is 0 Å². The second kappa shape index (κ2) is 4.10. The van der Waals surface area contributed by atoms with Crippen LogP contribution in [0.25, 0.3) is 0 Å². The van der Waals surface area contributed by atoms with E-state index >= 15 is 0 Å². The molecule has 92 valence electrons. The van der Waals surface area contributed by atoms with Crippen LogP contribution >= 0.6 is 0 Å². The monoisotopic (exact) mass is 251 g/mol. The molecule has 1 atom stereocenters. The predicted molar refractivity (Wildman–Crippen MR) is 67.9 cm³/mol. The molecule has 3 rings (SSSR count). The van der Waals surface area contributed by atoms with Crippen molar-refractivity contribution in [2.45, 2.75) is 12.3 Å². The molecule has 1 unspecified atom stereocenters. The minimum Gasteiger partial charge on any atom is -0.316 e. The fraction of sp³-hybridized carbons (Fsp3) is 0.538. The van der Waals surface area contributed by atoms with Crippen LogP contribution in [0.5, 0.6) is 0 Å². The van der Waals surface area contributed by atoms with Gasteiger partial charge in [-0.25, -0.2) is 8.42 Å². The molecule has 1 fully saturated rings. The quantitative estimate of drug-likeness (QED) is 0.867. The van der Waals surface area contributed by atoms with Gasteiger partial charge in [0.05, 0.1) is 11.5 Å². The maximum Gasteiger partial charge on any atom is 0.151 e. The van der Waals surface area contributed by atoms with Gasteiger partial charge in [0.15, 0.2) is 9.84 Å². The zero-order chi connectivity index (χ0) is 11.9. The van der Waals surface area contributed by atoms with Crippen LogP contribution < -0.4 is 5.32 Å². The summed E-state index contributed by atoms with van der Waals surface area (Å²) in [6.45, 7) is 1.72. The molecule has 0 amide bonds. The zero-order valence-electron chi connectivity index (χ0n) is 9.72. The molecule has 1 saturated heterocycles. The van der Waals surface area contributed by atoms with Crippen LogP contribution in [-0.4, -0.2) is 33.0 Å². The second-order valence-corrected chi connectivity index (χ2v) is 7.35. The molecule has 1 aromatic carbocycles. The third-order valence-electron chi connectivity index (χ3n) is 3.77. The number of hydrogen-bond acceptors (Lipinski definition) is 3. The number of hydrogen-bond donors (Lipinski definition) is 1. The van der Waals surface area contributed by atoms with Crippen LogP contribution in [0.2, 0.25) is 0 Å². The Hall–Kier alpha value is -0.870. The highest BCUT2D eigenvalue weighted by atomic mass is 32.2. The lowest BCUT2D eigenvalue weighted by atomic mass is 9.79. The Bertz CT molecular complexity index is 520. The lowest BCUT2D eigenvalue weighted by Gasteiger charge is -2.31. The molecular weight excluding hydrogens is 234 g/mol. The minimum absolute atomic E-state index is 0.240. The fourth-order valence-corrected chi connectivity index (χ4v) is 4.71. The third-order valence-corrected chi connectivity index (χ3v) is 5.66. The van der Waals surface area contributed by atoms with Gasteiger partial charge in [0.2, 0.25) is 0 Å². The van der Waals surface area contributed by atoms with Crippen molar-refractivity contribution >= 4 is 9.84 Å². The van der Waals surface area contributed by atoms with Crippen molar-refractivity contribution < 1.29 is 8.42 Å². The molecular formula is C13H17NO2S. The number of benzene rings is 1. The van der Waals surface area contributed by atoms with E-state index < -0.39 is 9.84 Å². The average Bonchev–Trinajstić information content (AvgIpc) is 2.21. The molecule has 0 bridgehead atoms. The first-order valence-electron chi connectivity index (χ1n) is 6.13. The van der Waals surface area contributed by atoms with Crippen LogP contribution in [0.4, 0.5) is 0 Å². The molecule has 1 aliphatic heterocycles. The summed E-state index contributed by atoms with van der Waals surface area (Å²) in [5.74, 6) is 1.28. The molecule has 1 aromatic rings. The van der Waals surface area contributed by atoms with E-state index in [9.17, 15) is 8.42 Å². The van der Waals surface area contributed by atoms with Crippen molar-refractivity contribution in [3.05, 3.63) is 35.4 Å². The molecule has 4 heteroatoms. The summed E-state index contributed by atoms with van der Waals surface area (Å²) in [7, 11) is -2.88. The topological polar surface area (TPSA) is 46.2 Å².